The highest BCUT2D eigenvalue weighted by Gasteiger charge is 2.09. The van der Waals surface area contributed by atoms with E-state index in [1.807, 2.05) is 18.2 Å². The number of anilines is 1. The van der Waals surface area contributed by atoms with E-state index in [1.54, 1.807) is 30.3 Å². The average molecular weight is 276 g/mol. The van der Waals surface area contributed by atoms with Gasteiger partial charge in [-0.25, -0.2) is 0 Å². The molecule has 0 saturated carbocycles. The van der Waals surface area contributed by atoms with Crippen molar-refractivity contribution in [3.63, 3.8) is 0 Å². The zero-order chi connectivity index (χ0) is 11.5. The molecule has 0 aromatic heterocycles. The minimum absolute atomic E-state index is 0.0141. The molecule has 2 nitrogen and oxygen atoms in total. The molecule has 0 aliphatic heterocycles. The summed E-state index contributed by atoms with van der Waals surface area (Å²) in [4.78, 5) is 12.0. The number of hydrogen-bond donors (Lipinski definition) is 1. The van der Waals surface area contributed by atoms with Crippen molar-refractivity contribution in [3.8, 4) is 0 Å². The molecule has 2 aromatic rings. The highest BCUT2D eigenvalue weighted by atomic mass is 79.9. The highest BCUT2D eigenvalue weighted by Crippen LogP contribution is 2.21. The number of nitrogen functional groups attached to an aromatic ring is 1. The summed E-state index contributed by atoms with van der Waals surface area (Å²) < 4.78 is 0.803. The van der Waals surface area contributed by atoms with E-state index in [0.29, 0.717) is 16.8 Å². The van der Waals surface area contributed by atoms with Crippen LogP contribution in [0.5, 0.6) is 0 Å². The van der Waals surface area contributed by atoms with Crippen LogP contribution < -0.4 is 5.73 Å². The van der Waals surface area contributed by atoms with Crippen molar-refractivity contribution in [2.75, 3.05) is 5.73 Å². The molecule has 0 bridgehead atoms. The Morgan fingerprint density at radius 3 is 2.31 bits per heavy atom. The van der Waals surface area contributed by atoms with Gasteiger partial charge in [-0.15, -0.1) is 0 Å². The molecule has 2 N–H and O–H groups in total. The fraction of sp³-hybridized carbons (Fsp3) is 0. The molecule has 0 atom stereocenters. The monoisotopic (exact) mass is 275 g/mol. The van der Waals surface area contributed by atoms with Crippen LogP contribution in [0.4, 0.5) is 5.69 Å². The van der Waals surface area contributed by atoms with Crippen molar-refractivity contribution in [1.29, 1.82) is 0 Å². The first kappa shape index (κ1) is 10.9. The van der Waals surface area contributed by atoms with Gasteiger partial charge in [0.25, 0.3) is 0 Å². The molecule has 16 heavy (non-hydrogen) atoms. The first-order valence-corrected chi connectivity index (χ1v) is 5.62. The Morgan fingerprint density at radius 2 is 1.69 bits per heavy atom. The SMILES string of the molecule is Nc1cc(C(=O)c2ccccc2)ccc1Br. The topological polar surface area (TPSA) is 43.1 Å². The van der Waals surface area contributed by atoms with Crippen LogP contribution in [0.2, 0.25) is 0 Å². The van der Waals surface area contributed by atoms with Gasteiger partial charge in [0.2, 0.25) is 0 Å². The summed E-state index contributed by atoms with van der Waals surface area (Å²) in [5.74, 6) is -0.0141. The summed E-state index contributed by atoms with van der Waals surface area (Å²) in [6.07, 6.45) is 0. The van der Waals surface area contributed by atoms with Gasteiger partial charge in [-0.05, 0) is 34.1 Å². The minimum Gasteiger partial charge on any atom is -0.398 e. The third-order valence-corrected chi connectivity index (χ3v) is 3.02. The van der Waals surface area contributed by atoms with Crippen LogP contribution in [0.3, 0.4) is 0 Å². The summed E-state index contributed by atoms with van der Waals surface area (Å²) in [6.45, 7) is 0. The Labute approximate surface area is 102 Å². The molecule has 0 amide bonds. The number of carbonyl (C=O) groups is 1. The van der Waals surface area contributed by atoms with Crippen LogP contribution >= 0.6 is 15.9 Å². The Bertz CT molecular complexity index is 523. The maximum atomic E-state index is 12.0. The largest absolute Gasteiger partial charge is 0.398 e. The van der Waals surface area contributed by atoms with Crippen molar-refractivity contribution >= 4 is 27.4 Å². The third kappa shape index (κ3) is 2.14. The van der Waals surface area contributed by atoms with E-state index >= 15 is 0 Å². The Kier molecular flexibility index (Phi) is 3.06. The Morgan fingerprint density at radius 1 is 1.00 bits per heavy atom. The van der Waals surface area contributed by atoms with Crippen molar-refractivity contribution in [2.45, 2.75) is 0 Å². The number of ketones is 1. The Balaban J connectivity index is 2.39. The number of halogens is 1. The molecule has 0 spiro atoms. The van der Waals surface area contributed by atoms with Gasteiger partial charge in [-0.2, -0.15) is 0 Å². The van der Waals surface area contributed by atoms with Gasteiger partial charge < -0.3 is 5.73 Å². The van der Waals surface area contributed by atoms with Crippen LogP contribution in [0.25, 0.3) is 0 Å². The van der Waals surface area contributed by atoms with Gasteiger partial charge in [0.1, 0.15) is 0 Å². The molecular formula is C13H10BrNO. The molecule has 80 valence electrons. The minimum atomic E-state index is -0.0141. The van der Waals surface area contributed by atoms with E-state index in [1.165, 1.54) is 0 Å². The van der Waals surface area contributed by atoms with Crippen LogP contribution in [-0.4, -0.2) is 5.78 Å². The van der Waals surface area contributed by atoms with E-state index in [9.17, 15) is 4.79 Å². The summed E-state index contributed by atoms with van der Waals surface area (Å²) >= 11 is 3.30. The van der Waals surface area contributed by atoms with Crippen molar-refractivity contribution in [2.24, 2.45) is 0 Å². The Hall–Kier alpha value is -1.61. The van der Waals surface area contributed by atoms with Gasteiger partial charge >= 0.3 is 0 Å². The lowest BCUT2D eigenvalue weighted by atomic mass is 10.0. The molecule has 2 aromatic carbocycles. The number of carbonyl (C=O) groups excluding carboxylic acids is 1. The molecule has 0 fully saturated rings. The zero-order valence-electron chi connectivity index (χ0n) is 8.48. The lowest BCUT2D eigenvalue weighted by molar-refractivity contribution is 0.103. The predicted molar refractivity (Wildman–Crippen MR) is 68.4 cm³/mol. The summed E-state index contributed by atoms with van der Waals surface area (Å²) in [5.41, 5.74) is 7.58. The second-order valence-corrected chi connectivity index (χ2v) is 4.29. The van der Waals surface area contributed by atoms with Crippen molar-refractivity contribution < 1.29 is 4.79 Å². The number of benzene rings is 2. The number of rotatable bonds is 2. The molecule has 0 aliphatic carbocycles. The van der Waals surface area contributed by atoms with Crippen LogP contribution in [-0.2, 0) is 0 Å². The lowest BCUT2D eigenvalue weighted by Gasteiger charge is -2.03. The van der Waals surface area contributed by atoms with Crippen LogP contribution in [0, 0.1) is 0 Å². The molecule has 2 rings (SSSR count). The summed E-state index contributed by atoms with van der Waals surface area (Å²) in [6, 6.07) is 14.4. The van der Waals surface area contributed by atoms with Gasteiger partial charge in [-0.1, -0.05) is 30.3 Å². The van der Waals surface area contributed by atoms with E-state index in [2.05, 4.69) is 15.9 Å². The molecule has 0 unspecified atom stereocenters. The van der Waals surface area contributed by atoms with Crippen molar-refractivity contribution in [1.82, 2.24) is 0 Å². The molecule has 0 aliphatic rings. The predicted octanol–water partition coefficient (Wildman–Crippen LogP) is 3.26. The first-order valence-electron chi connectivity index (χ1n) is 4.83. The third-order valence-electron chi connectivity index (χ3n) is 2.29. The maximum Gasteiger partial charge on any atom is 0.193 e. The second kappa shape index (κ2) is 4.49. The standard InChI is InChI=1S/C13H10BrNO/c14-11-7-6-10(8-12(11)15)13(16)9-4-2-1-3-5-9/h1-8H,15H2. The van der Waals surface area contributed by atoms with Gasteiger partial charge in [-0.3, -0.25) is 4.79 Å². The molecular weight excluding hydrogens is 266 g/mol. The summed E-state index contributed by atoms with van der Waals surface area (Å²) in [7, 11) is 0. The fourth-order valence-corrected chi connectivity index (χ4v) is 1.69. The van der Waals surface area contributed by atoms with E-state index in [0.717, 1.165) is 4.47 Å². The van der Waals surface area contributed by atoms with Crippen LogP contribution in [0.1, 0.15) is 15.9 Å². The van der Waals surface area contributed by atoms with E-state index in [4.69, 9.17) is 5.73 Å². The lowest BCUT2D eigenvalue weighted by Crippen LogP contribution is -2.01. The second-order valence-electron chi connectivity index (χ2n) is 3.43. The molecule has 0 saturated heterocycles. The quantitative estimate of drug-likeness (QED) is 0.675. The van der Waals surface area contributed by atoms with Crippen molar-refractivity contribution in [3.05, 3.63) is 64.1 Å². The van der Waals surface area contributed by atoms with Gasteiger partial charge in [0.05, 0.1) is 0 Å². The highest BCUT2D eigenvalue weighted by molar-refractivity contribution is 9.10. The first-order chi connectivity index (χ1) is 7.68. The average Bonchev–Trinajstić information content (AvgIpc) is 2.33. The molecule has 0 heterocycles. The van der Waals surface area contributed by atoms with Crippen LogP contribution in [0.15, 0.2) is 53.0 Å². The molecule has 3 heteroatoms. The maximum absolute atomic E-state index is 12.0. The normalized spacial score (nSPS) is 10.1. The smallest absolute Gasteiger partial charge is 0.193 e. The zero-order valence-corrected chi connectivity index (χ0v) is 10.1. The van der Waals surface area contributed by atoms with Gasteiger partial charge in [0.15, 0.2) is 5.78 Å². The number of nitrogens with two attached hydrogens (primary N) is 1. The van der Waals surface area contributed by atoms with E-state index < -0.39 is 0 Å². The molecule has 0 radical (unpaired) electrons. The van der Waals surface area contributed by atoms with Gasteiger partial charge in [0, 0.05) is 21.3 Å². The number of hydrogen-bond acceptors (Lipinski definition) is 2. The fourth-order valence-electron chi connectivity index (χ4n) is 1.44. The van der Waals surface area contributed by atoms with E-state index in [-0.39, 0.29) is 5.78 Å². The summed E-state index contributed by atoms with van der Waals surface area (Å²) in [5, 5.41) is 0.